The van der Waals surface area contributed by atoms with E-state index in [1.165, 1.54) is 71.0 Å². The van der Waals surface area contributed by atoms with Crippen LogP contribution in [0.15, 0.2) is 0 Å². The van der Waals surface area contributed by atoms with Crippen LogP contribution in [-0.2, 0) is 0 Å². The lowest BCUT2D eigenvalue weighted by Crippen LogP contribution is -2.44. The molecule has 2 rings (SSSR count). The summed E-state index contributed by atoms with van der Waals surface area (Å²) in [4.78, 5) is 2.70. The standard InChI is InChI=1S/C18H36N2/c1-17(2,3)13-16(14-19)15-20-11-9-18(10-12-20)7-5-4-6-8-18/h16H,4-15,19H2,1-3H3. The second-order valence-electron chi connectivity index (χ2n) is 8.73. The molecule has 20 heavy (non-hydrogen) atoms. The summed E-state index contributed by atoms with van der Waals surface area (Å²) < 4.78 is 0. The zero-order chi connectivity index (χ0) is 14.6. The molecule has 1 aliphatic heterocycles. The van der Waals surface area contributed by atoms with Crippen molar-refractivity contribution in [2.75, 3.05) is 26.2 Å². The van der Waals surface area contributed by atoms with E-state index in [2.05, 4.69) is 25.7 Å². The molecular weight excluding hydrogens is 244 g/mol. The van der Waals surface area contributed by atoms with Gasteiger partial charge in [-0.1, -0.05) is 40.0 Å². The number of nitrogens with two attached hydrogens (primary N) is 1. The summed E-state index contributed by atoms with van der Waals surface area (Å²) in [6.07, 6.45) is 11.6. The lowest BCUT2D eigenvalue weighted by Gasteiger charge is -2.45. The largest absolute Gasteiger partial charge is 0.330 e. The molecule has 2 N–H and O–H groups in total. The van der Waals surface area contributed by atoms with Gasteiger partial charge in [0.15, 0.2) is 0 Å². The van der Waals surface area contributed by atoms with E-state index in [0.717, 1.165) is 12.0 Å². The third kappa shape index (κ3) is 4.73. The quantitative estimate of drug-likeness (QED) is 0.842. The Morgan fingerprint density at radius 1 is 1.00 bits per heavy atom. The Hall–Kier alpha value is -0.0800. The van der Waals surface area contributed by atoms with Crippen LogP contribution in [-0.4, -0.2) is 31.1 Å². The topological polar surface area (TPSA) is 29.3 Å². The highest BCUT2D eigenvalue weighted by atomic mass is 15.1. The van der Waals surface area contributed by atoms with E-state index in [-0.39, 0.29) is 0 Å². The van der Waals surface area contributed by atoms with Crippen LogP contribution >= 0.6 is 0 Å². The zero-order valence-corrected chi connectivity index (χ0v) is 14.1. The first kappa shape index (κ1) is 16.3. The van der Waals surface area contributed by atoms with Gasteiger partial charge in [0.2, 0.25) is 0 Å². The van der Waals surface area contributed by atoms with Gasteiger partial charge in [-0.05, 0) is 68.5 Å². The molecule has 2 nitrogen and oxygen atoms in total. The lowest BCUT2D eigenvalue weighted by molar-refractivity contribution is 0.0565. The third-order valence-corrected chi connectivity index (χ3v) is 5.58. The van der Waals surface area contributed by atoms with Crippen LogP contribution in [0.3, 0.4) is 0 Å². The maximum Gasteiger partial charge on any atom is 0.00219 e. The van der Waals surface area contributed by atoms with Gasteiger partial charge in [-0.2, -0.15) is 0 Å². The van der Waals surface area contributed by atoms with Gasteiger partial charge in [0, 0.05) is 6.54 Å². The Kier molecular flexibility index (Phi) is 5.53. The minimum absolute atomic E-state index is 0.407. The van der Waals surface area contributed by atoms with E-state index in [9.17, 15) is 0 Å². The number of nitrogens with zero attached hydrogens (tertiary/aromatic N) is 1. The summed E-state index contributed by atoms with van der Waals surface area (Å²) in [5.41, 5.74) is 7.15. The fourth-order valence-electron chi connectivity index (χ4n) is 4.47. The minimum atomic E-state index is 0.407. The van der Waals surface area contributed by atoms with E-state index in [4.69, 9.17) is 5.73 Å². The molecule has 2 heteroatoms. The molecule has 1 atom stereocenters. The number of hydrogen-bond donors (Lipinski definition) is 1. The minimum Gasteiger partial charge on any atom is -0.330 e. The van der Waals surface area contributed by atoms with Gasteiger partial charge in [0.1, 0.15) is 0 Å². The van der Waals surface area contributed by atoms with Crippen LogP contribution < -0.4 is 5.73 Å². The number of rotatable bonds is 4. The molecule has 1 spiro atoms. The summed E-state index contributed by atoms with van der Waals surface area (Å²) in [5, 5.41) is 0. The number of piperidine rings is 1. The molecular formula is C18H36N2. The molecule has 0 aromatic heterocycles. The van der Waals surface area contributed by atoms with E-state index >= 15 is 0 Å². The summed E-state index contributed by atoms with van der Waals surface area (Å²) in [6, 6.07) is 0. The van der Waals surface area contributed by atoms with Crippen molar-refractivity contribution in [1.82, 2.24) is 4.90 Å². The van der Waals surface area contributed by atoms with Gasteiger partial charge in [-0.15, -0.1) is 0 Å². The van der Waals surface area contributed by atoms with Crippen LogP contribution in [0.4, 0.5) is 0 Å². The third-order valence-electron chi connectivity index (χ3n) is 5.58. The molecule has 1 saturated carbocycles. The van der Waals surface area contributed by atoms with E-state index < -0.39 is 0 Å². The normalized spacial score (nSPS) is 25.8. The molecule has 0 aromatic carbocycles. The summed E-state index contributed by atoms with van der Waals surface area (Å²) in [7, 11) is 0. The first-order chi connectivity index (χ1) is 9.42. The molecule has 118 valence electrons. The Morgan fingerprint density at radius 3 is 2.10 bits per heavy atom. The monoisotopic (exact) mass is 280 g/mol. The van der Waals surface area contributed by atoms with Crippen LogP contribution in [0.2, 0.25) is 0 Å². The predicted molar refractivity (Wildman–Crippen MR) is 87.8 cm³/mol. The van der Waals surface area contributed by atoms with Crippen molar-refractivity contribution < 1.29 is 0 Å². The number of hydrogen-bond acceptors (Lipinski definition) is 2. The second-order valence-corrected chi connectivity index (χ2v) is 8.73. The van der Waals surface area contributed by atoms with Crippen molar-refractivity contribution >= 4 is 0 Å². The average molecular weight is 280 g/mol. The average Bonchev–Trinajstić information content (AvgIpc) is 2.40. The first-order valence-electron chi connectivity index (χ1n) is 8.85. The van der Waals surface area contributed by atoms with Crippen LogP contribution in [0, 0.1) is 16.7 Å². The summed E-state index contributed by atoms with van der Waals surface area (Å²) in [5.74, 6) is 0.676. The lowest BCUT2D eigenvalue weighted by atomic mass is 9.68. The summed E-state index contributed by atoms with van der Waals surface area (Å²) in [6.45, 7) is 11.7. The van der Waals surface area contributed by atoms with Gasteiger partial charge in [0.05, 0.1) is 0 Å². The fraction of sp³-hybridized carbons (Fsp3) is 1.00. The Labute approximate surface area is 126 Å². The molecule has 2 aliphatic rings. The van der Waals surface area contributed by atoms with E-state index in [0.29, 0.717) is 11.3 Å². The van der Waals surface area contributed by atoms with Crippen molar-refractivity contribution in [2.45, 2.75) is 72.1 Å². The highest BCUT2D eigenvalue weighted by Crippen LogP contribution is 2.44. The van der Waals surface area contributed by atoms with E-state index in [1.54, 1.807) is 0 Å². The number of likely N-dealkylation sites (tertiary alicyclic amines) is 1. The fourth-order valence-corrected chi connectivity index (χ4v) is 4.47. The molecule has 1 unspecified atom stereocenters. The highest BCUT2D eigenvalue weighted by molar-refractivity contribution is 4.89. The Morgan fingerprint density at radius 2 is 1.60 bits per heavy atom. The molecule has 0 amide bonds. The van der Waals surface area contributed by atoms with Crippen LogP contribution in [0.5, 0.6) is 0 Å². The van der Waals surface area contributed by atoms with Crippen LogP contribution in [0.25, 0.3) is 0 Å². The van der Waals surface area contributed by atoms with Crippen molar-refractivity contribution in [1.29, 1.82) is 0 Å². The second kappa shape index (κ2) is 6.79. The van der Waals surface area contributed by atoms with Gasteiger partial charge in [-0.3, -0.25) is 0 Å². The summed E-state index contributed by atoms with van der Waals surface area (Å²) >= 11 is 0. The van der Waals surface area contributed by atoms with Crippen molar-refractivity contribution in [2.24, 2.45) is 22.5 Å². The molecule has 0 radical (unpaired) electrons. The molecule has 0 aromatic rings. The van der Waals surface area contributed by atoms with E-state index in [1.807, 2.05) is 0 Å². The Balaban J connectivity index is 1.78. The van der Waals surface area contributed by atoms with Crippen LogP contribution in [0.1, 0.15) is 72.1 Å². The molecule has 1 aliphatic carbocycles. The van der Waals surface area contributed by atoms with Crippen molar-refractivity contribution in [3.05, 3.63) is 0 Å². The smallest absolute Gasteiger partial charge is 0.00219 e. The molecule has 1 saturated heterocycles. The molecule has 2 fully saturated rings. The van der Waals surface area contributed by atoms with Crippen molar-refractivity contribution in [3.8, 4) is 0 Å². The maximum atomic E-state index is 6.01. The zero-order valence-electron chi connectivity index (χ0n) is 14.1. The molecule has 1 heterocycles. The van der Waals surface area contributed by atoms with Gasteiger partial charge in [-0.25, -0.2) is 0 Å². The Bertz CT molecular complexity index is 276. The van der Waals surface area contributed by atoms with Gasteiger partial charge in [0.25, 0.3) is 0 Å². The maximum absolute atomic E-state index is 6.01. The van der Waals surface area contributed by atoms with Gasteiger partial charge < -0.3 is 10.6 Å². The van der Waals surface area contributed by atoms with Crippen molar-refractivity contribution in [3.63, 3.8) is 0 Å². The van der Waals surface area contributed by atoms with Gasteiger partial charge >= 0.3 is 0 Å². The SMILES string of the molecule is CC(C)(C)CC(CN)CN1CCC2(CCCCC2)CC1. The highest BCUT2D eigenvalue weighted by Gasteiger charge is 2.35. The molecule has 0 bridgehead atoms. The first-order valence-corrected chi connectivity index (χ1v) is 8.85. The predicted octanol–water partition coefficient (Wildman–Crippen LogP) is 4.04.